The van der Waals surface area contributed by atoms with Crippen molar-refractivity contribution in [1.29, 1.82) is 0 Å². The normalized spacial score (nSPS) is 8.23. The molecule has 1 rings (SSSR count). The number of carbonyl (C=O) groups is 1. The van der Waals surface area contributed by atoms with E-state index in [9.17, 15) is 4.79 Å². The summed E-state index contributed by atoms with van der Waals surface area (Å²) in [4.78, 5) is 9.69. The number of benzene rings is 1. The summed E-state index contributed by atoms with van der Waals surface area (Å²) in [6.07, 6.45) is 1.28. The van der Waals surface area contributed by atoms with Gasteiger partial charge in [-0.1, -0.05) is 41.9 Å². The van der Waals surface area contributed by atoms with Gasteiger partial charge < -0.3 is 0 Å². The second-order valence-electron chi connectivity index (χ2n) is 2.23. The van der Waals surface area contributed by atoms with Crippen molar-refractivity contribution >= 4 is 29.0 Å². The van der Waals surface area contributed by atoms with Crippen molar-refractivity contribution < 1.29 is 4.79 Å². The van der Waals surface area contributed by atoms with Gasteiger partial charge in [0, 0.05) is 0 Å². The molecule has 0 unspecified atom stereocenters. The van der Waals surface area contributed by atoms with E-state index < -0.39 is 0 Å². The Morgan fingerprint density at radius 2 is 1.62 bits per heavy atom. The van der Waals surface area contributed by atoms with E-state index in [2.05, 4.69) is 6.58 Å². The van der Waals surface area contributed by atoms with Crippen LogP contribution in [0.4, 0.5) is 0 Å². The van der Waals surface area contributed by atoms with Crippen molar-refractivity contribution in [3.8, 4) is 0 Å². The first kappa shape index (κ1) is 12.2. The third kappa shape index (κ3) is 6.38. The first-order chi connectivity index (χ1) is 6.07. The van der Waals surface area contributed by atoms with Crippen LogP contribution in [-0.2, 0) is 4.79 Å². The largest absolute Gasteiger partial charge is 0.295 e. The smallest absolute Gasteiger partial charge is 0.152 e. The monoisotopic (exact) mass is 216 g/mol. The van der Waals surface area contributed by atoms with Gasteiger partial charge in [0.1, 0.15) is 0 Å². The van der Waals surface area contributed by atoms with Crippen LogP contribution in [0.25, 0.3) is 0 Å². The quantitative estimate of drug-likeness (QED) is 0.654. The highest BCUT2D eigenvalue weighted by atomic mass is 35.5. The maximum atomic E-state index is 9.69. The lowest BCUT2D eigenvalue weighted by atomic mass is 10.4. The molecule has 0 aliphatic rings. The Morgan fingerprint density at radius 1 is 1.31 bits per heavy atom. The number of hydrogen-bond donors (Lipinski definition) is 0. The van der Waals surface area contributed by atoms with Gasteiger partial charge in [-0.05, 0) is 25.1 Å². The van der Waals surface area contributed by atoms with Crippen LogP contribution in [0.2, 0.25) is 10.0 Å². The molecule has 1 aromatic carbocycles. The van der Waals surface area contributed by atoms with Crippen molar-refractivity contribution in [2.24, 2.45) is 0 Å². The average Bonchev–Trinajstić information content (AvgIpc) is 2.11. The van der Waals surface area contributed by atoms with Gasteiger partial charge in [0.15, 0.2) is 5.78 Å². The van der Waals surface area contributed by atoms with Crippen molar-refractivity contribution in [1.82, 2.24) is 0 Å². The third-order valence-corrected chi connectivity index (χ3v) is 1.87. The van der Waals surface area contributed by atoms with Crippen molar-refractivity contribution in [3.63, 3.8) is 0 Å². The van der Waals surface area contributed by atoms with E-state index in [1.165, 1.54) is 13.0 Å². The number of halogens is 2. The van der Waals surface area contributed by atoms with Gasteiger partial charge in [0.25, 0.3) is 0 Å². The summed E-state index contributed by atoms with van der Waals surface area (Å²) in [5.41, 5.74) is 0. The lowest BCUT2D eigenvalue weighted by Gasteiger charge is -1.88. The minimum Gasteiger partial charge on any atom is -0.295 e. The standard InChI is InChI=1S/C6H4Cl2.C4H6O/c7-5-3-1-2-4-6(5)8;1-3-4(2)5/h1-4H;3H,1H2,2H3. The van der Waals surface area contributed by atoms with Crippen LogP contribution >= 0.6 is 23.2 Å². The molecule has 13 heavy (non-hydrogen) atoms. The Kier molecular flexibility index (Phi) is 6.29. The summed E-state index contributed by atoms with van der Waals surface area (Å²) in [6.45, 7) is 4.68. The van der Waals surface area contributed by atoms with Gasteiger partial charge in [-0.15, -0.1) is 0 Å². The summed E-state index contributed by atoms with van der Waals surface area (Å²) in [5, 5.41) is 1.21. The van der Waals surface area contributed by atoms with Gasteiger partial charge in [0.2, 0.25) is 0 Å². The van der Waals surface area contributed by atoms with E-state index in [1.807, 2.05) is 12.1 Å². The zero-order valence-electron chi connectivity index (χ0n) is 7.26. The highest BCUT2D eigenvalue weighted by Gasteiger charge is 1.89. The molecular formula is C10H10Cl2O. The summed E-state index contributed by atoms with van der Waals surface area (Å²) in [5.74, 6) is 0.0185. The fraction of sp³-hybridized carbons (Fsp3) is 0.100. The molecule has 0 radical (unpaired) electrons. The van der Waals surface area contributed by atoms with E-state index in [4.69, 9.17) is 23.2 Å². The van der Waals surface area contributed by atoms with Gasteiger partial charge in [-0.3, -0.25) is 4.79 Å². The van der Waals surface area contributed by atoms with Crippen LogP contribution in [0, 0.1) is 0 Å². The summed E-state index contributed by atoms with van der Waals surface area (Å²) in [7, 11) is 0. The molecule has 0 aliphatic heterocycles. The molecule has 0 spiro atoms. The van der Waals surface area contributed by atoms with E-state index >= 15 is 0 Å². The Morgan fingerprint density at radius 3 is 1.77 bits per heavy atom. The molecule has 0 amide bonds. The zero-order chi connectivity index (χ0) is 10.3. The van der Waals surface area contributed by atoms with Gasteiger partial charge in [-0.2, -0.15) is 0 Å². The number of carbonyl (C=O) groups excluding carboxylic acids is 1. The zero-order valence-corrected chi connectivity index (χ0v) is 8.77. The lowest BCUT2D eigenvalue weighted by Crippen LogP contribution is -1.74. The highest BCUT2D eigenvalue weighted by molar-refractivity contribution is 6.41. The topological polar surface area (TPSA) is 17.1 Å². The van der Waals surface area contributed by atoms with Gasteiger partial charge >= 0.3 is 0 Å². The summed E-state index contributed by atoms with van der Waals surface area (Å²) < 4.78 is 0. The predicted octanol–water partition coefficient (Wildman–Crippen LogP) is 3.75. The van der Waals surface area contributed by atoms with Crippen LogP contribution in [0.3, 0.4) is 0 Å². The van der Waals surface area contributed by atoms with Gasteiger partial charge in [0.05, 0.1) is 10.0 Å². The molecule has 70 valence electrons. The number of ketones is 1. The molecule has 0 saturated carbocycles. The van der Waals surface area contributed by atoms with Gasteiger partial charge in [-0.25, -0.2) is 0 Å². The van der Waals surface area contributed by atoms with E-state index in [-0.39, 0.29) is 5.78 Å². The van der Waals surface area contributed by atoms with Crippen LogP contribution in [0.5, 0.6) is 0 Å². The molecule has 3 heteroatoms. The molecule has 1 aromatic rings. The molecular weight excluding hydrogens is 207 g/mol. The van der Waals surface area contributed by atoms with E-state index in [0.717, 1.165) is 0 Å². The molecule has 0 N–H and O–H groups in total. The van der Waals surface area contributed by atoms with Crippen LogP contribution in [-0.4, -0.2) is 5.78 Å². The molecule has 0 fully saturated rings. The van der Waals surface area contributed by atoms with Crippen molar-refractivity contribution in [2.45, 2.75) is 6.92 Å². The first-order valence-corrected chi connectivity index (χ1v) is 4.36. The van der Waals surface area contributed by atoms with Crippen molar-refractivity contribution in [3.05, 3.63) is 47.0 Å². The first-order valence-electron chi connectivity index (χ1n) is 3.61. The van der Waals surface area contributed by atoms with Crippen LogP contribution in [0.15, 0.2) is 36.9 Å². The molecule has 0 bridgehead atoms. The second kappa shape index (κ2) is 6.70. The summed E-state index contributed by atoms with van der Waals surface area (Å²) >= 11 is 11.2. The maximum Gasteiger partial charge on any atom is 0.152 e. The maximum absolute atomic E-state index is 9.69. The fourth-order valence-corrected chi connectivity index (χ4v) is 0.711. The highest BCUT2D eigenvalue weighted by Crippen LogP contribution is 2.19. The van der Waals surface area contributed by atoms with Crippen LogP contribution < -0.4 is 0 Å². The lowest BCUT2D eigenvalue weighted by molar-refractivity contribution is -0.112. The molecule has 0 atom stereocenters. The number of hydrogen-bond acceptors (Lipinski definition) is 1. The molecule has 0 aromatic heterocycles. The van der Waals surface area contributed by atoms with Crippen molar-refractivity contribution in [2.75, 3.05) is 0 Å². The minimum atomic E-state index is 0.0185. The van der Waals surface area contributed by atoms with E-state index in [0.29, 0.717) is 10.0 Å². The Hall–Kier alpha value is -0.790. The number of rotatable bonds is 1. The SMILES string of the molecule is C=CC(C)=O.Clc1ccccc1Cl. The molecule has 0 heterocycles. The average molecular weight is 217 g/mol. The fourth-order valence-electron chi connectivity index (χ4n) is 0.439. The van der Waals surface area contributed by atoms with Crippen LogP contribution in [0.1, 0.15) is 6.92 Å². The Bertz CT molecular complexity index is 274. The molecule has 1 nitrogen and oxygen atoms in total. The predicted molar refractivity (Wildman–Crippen MR) is 57.3 cm³/mol. The Balaban J connectivity index is 0.000000252. The second-order valence-corrected chi connectivity index (χ2v) is 3.04. The summed E-state index contributed by atoms with van der Waals surface area (Å²) in [6, 6.07) is 7.19. The minimum absolute atomic E-state index is 0.0185. The third-order valence-electron chi connectivity index (χ3n) is 1.11. The molecule has 0 saturated heterocycles. The van der Waals surface area contributed by atoms with E-state index in [1.54, 1.807) is 12.1 Å². The Labute approximate surface area is 88.0 Å². The molecule has 0 aliphatic carbocycles. The number of allylic oxidation sites excluding steroid dienone is 1.